The monoisotopic (exact) mass is 251 g/mol. The zero-order chi connectivity index (χ0) is 13.0. The summed E-state index contributed by atoms with van der Waals surface area (Å²) in [5.41, 5.74) is 1.04. The summed E-state index contributed by atoms with van der Waals surface area (Å²) in [5.74, 6) is -0.0507. The van der Waals surface area contributed by atoms with Gasteiger partial charge in [-0.3, -0.25) is 9.69 Å². The van der Waals surface area contributed by atoms with E-state index in [1.807, 2.05) is 29.2 Å². The van der Waals surface area contributed by atoms with E-state index in [2.05, 4.69) is 0 Å². The van der Waals surface area contributed by atoms with E-state index in [0.717, 1.165) is 11.3 Å². The first-order valence-electron chi connectivity index (χ1n) is 5.88. The molecule has 5 nitrogen and oxygen atoms in total. The number of carbonyl (C=O) groups is 1. The van der Waals surface area contributed by atoms with Gasteiger partial charge in [0.05, 0.1) is 20.3 Å². The lowest BCUT2D eigenvalue weighted by molar-refractivity contribution is -0.150. The van der Waals surface area contributed by atoms with Crippen LogP contribution in [0.1, 0.15) is 5.56 Å². The molecule has 0 aliphatic carbocycles. The fourth-order valence-electron chi connectivity index (χ4n) is 2.06. The van der Waals surface area contributed by atoms with Gasteiger partial charge in [-0.25, -0.2) is 0 Å². The van der Waals surface area contributed by atoms with Crippen LogP contribution in [-0.2, 0) is 16.1 Å². The van der Waals surface area contributed by atoms with Crippen molar-refractivity contribution in [2.75, 3.05) is 26.9 Å². The summed E-state index contributed by atoms with van der Waals surface area (Å²) in [6.07, 6.45) is 0. The topological polar surface area (TPSA) is 59.0 Å². The summed E-state index contributed by atoms with van der Waals surface area (Å²) in [4.78, 5) is 13.0. The second-order valence-electron chi connectivity index (χ2n) is 4.25. The van der Waals surface area contributed by atoms with Gasteiger partial charge in [0.1, 0.15) is 11.8 Å². The number of carboxylic acids is 1. The smallest absolute Gasteiger partial charge is 0.323 e. The molecule has 1 unspecified atom stereocenters. The standard InChI is InChI=1S/C13H17NO4/c1-17-11-4-2-3-10(7-11)8-14-5-6-18-9-12(14)13(15)16/h2-4,7,12H,5-6,8-9H2,1H3,(H,15,16). The summed E-state index contributed by atoms with van der Waals surface area (Å²) in [6.45, 7) is 2.05. The number of aliphatic carboxylic acids is 1. The fourth-order valence-corrected chi connectivity index (χ4v) is 2.06. The van der Waals surface area contributed by atoms with Gasteiger partial charge in [0.2, 0.25) is 0 Å². The first-order chi connectivity index (χ1) is 8.70. The van der Waals surface area contributed by atoms with Crippen molar-refractivity contribution in [2.24, 2.45) is 0 Å². The van der Waals surface area contributed by atoms with E-state index in [1.165, 1.54) is 0 Å². The number of nitrogens with zero attached hydrogens (tertiary/aromatic N) is 1. The van der Waals surface area contributed by atoms with Crippen LogP contribution >= 0.6 is 0 Å². The quantitative estimate of drug-likeness (QED) is 0.864. The van der Waals surface area contributed by atoms with Crippen molar-refractivity contribution in [3.63, 3.8) is 0 Å². The van der Waals surface area contributed by atoms with Crippen molar-refractivity contribution in [2.45, 2.75) is 12.6 Å². The molecular weight excluding hydrogens is 234 g/mol. The van der Waals surface area contributed by atoms with Crippen LogP contribution < -0.4 is 4.74 Å². The number of methoxy groups -OCH3 is 1. The van der Waals surface area contributed by atoms with Crippen molar-refractivity contribution in [3.8, 4) is 5.75 Å². The lowest BCUT2D eigenvalue weighted by Gasteiger charge is -2.32. The van der Waals surface area contributed by atoms with Crippen molar-refractivity contribution in [3.05, 3.63) is 29.8 Å². The molecule has 98 valence electrons. The van der Waals surface area contributed by atoms with Crippen molar-refractivity contribution >= 4 is 5.97 Å². The molecule has 1 aromatic carbocycles. The Morgan fingerprint density at radius 3 is 3.17 bits per heavy atom. The van der Waals surface area contributed by atoms with Gasteiger partial charge >= 0.3 is 5.97 Å². The van der Waals surface area contributed by atoms with Crippen molar-refractivity contribution in [1.29, 1.82) is 0 Å². The first kappa shape index (κ1) is 12.9. The molecule has 1 heterocycles. The lowest BCUT2D eigenvalue weighted by Crippen LogP contribution is -2.49. The third kappa shape index (κ3) is 3.00. The Balaban J connectivity index is 2.08. The number of benzene rings is 1. The van der Waals surface area contributed by atoms with Gasteiger partial charge in [-0.1, -0.05) is 12.1 Å². The first-order valence-corrected chi connectivity index (χ1v) is 5.88. The molecule has 1 N–H and O–H groups in total. The molecule has 0 aromatic heterocycles. The molecule has 1 atom stereocenters. The molecular formula is C13H17NO4. The summed E-state index contributed by atoms with van der Waals surface area (Å²) >= 11 is 0. The number of morpholine rings is 1. The van der Waals surface area contributed by atoms with Gasteiger partial charge in [-0.2, -0.15) is 0 Å². The van der Waals surface area contributed by atoms with Gasteiger partial charge in [-0.15, -0.1) is 0 Å². The highest BCUT2D eigenvalue weighted by atomic mass is 16.5. The predicted molar refractivity (Wildman–Crippen MR) is 65.6 cm³/mol. The molecule has 1 saturated heterocycles. The normalized spacial score (nSPS) is 20.6. The average molecular weight is 251 g/mol. The van der Waals surface area contributed by atoms with Crippen LogP contribution in [0.15, 0.2) is 24.3 Å². The SMILES string of the molecule is COc1cccc(CN2CCOCC2C(=O)O)c1. The Bertz CT molecular complexity index is 421. The summed E-state index contributed by atoms with van der Waals surface area (Å²) < 4.78 is 10.4. The Morgan fingerprint density at radius 1 is 1.61 bits per heavy atom. The van der Waals surface area contributed by atoms with Crippen LogP contribution in [0.25, 0.3) is 0 Å². The number of ether oxygens (including phenoxy) is 2. The van der Waals surface area contributed by atoms with Gasteiger partial charge in [0.25, 0.3) is 0 Å². The van der Waals surface area contributed by atoms with E-state index in [1.54, 1.807) is 7.11 Å². The van der Waals surface area contributed by atoms with Crippen molar-refractivity contribution in [1.82, 2.24) is 4.90 Å². The van der Waals surface area contributed by atoms with Gasteiger partial charge < -0.3 is 14.6 Å². The minimum atomic E-state index is -0.836. The Morgan fingerprint density at radius 2 is 2.44 bits per heavy atom. The molecule has 0 bridgehead atoms. The molecule has 0 amide bonds. The van der Waals surface area contributed by atoms with E-state index >= 15 is 0 Å². The molecule has 1 aromatic rings. The maximum atomic E-state index is 11.1. The van der Waals surface area contributed by atoms with E-state index < -0.39 is 12.0 Å². The molecule has 0 radical (unpaired) electrons. The number of rotatable bonds is 4. The number of carboxylic acid groups (broad SMARTS) is 1. The summed E-state index contributed by atoms with van der Waals surface area (Å²) in [6, 6.07) is 7.11. The summed E-state index contributed by atoms with van der Waals surface area (Å²) in [7, 11) is 1.62. The van der Waals surface area contributed by atoms with Crippen LogP contribution in [0.5, 0.6) is 5.75 Å². The Hall–Kier alpha value is -1.59. The largest absolute Gasteiger partial charge is 0.497 e. The molecule has 2 rings (SSSR count). The Labute approximate surface area is 106 Å². The van der Waals surface area contributed by atoms with E-state index in [-0.39, 0.29) is 6.61 Å². The second kappa shape index (κ2) is 5.84. The van der Waals surface area contributed by atoms with E-state index in [9.17, 15) is 4.79 Å². The second-order valence-corrected chi connectivity index (χ2v) is 4.25. The van der Waals surface area contributed by atoms with Crippen LogP contribution in [0.3, 0.4) is 0 Å². The predicted octanol–water partition coefficient (Wildman–Crippen LogP) is 0.981. The van der Waals surface area contributed by atoms with Gasteiger partial charge in [0, 0.05) is 13.1 Å². The van der Waals surface area contributed by atoms with Crippen LogP contribution in [0.2, 0.25) is 0 Å². The van der Waals surface area contributed by atoms with Crippen molar-refractivity contribution < 1.29 is 19.4 Å². The minimum Gasteiger partial charge on any atom is -0.497 e. The maximum Gasteiger partial charge on any atom is 0.323 e. The third-order valence-electron chi connectivity index (χ3n) is 3.04. The molecule has 5 heteroatoms. The van der Waals surface area contributed by atoms with E-state index in [0.29, 0.717) is 19.7 Å². The number of hydrogen-bond acceptors (Lipinski definition) is 4. The molecule has 18 heavy (non-hydrogen) atoms. The van der Waals surface area contributed by atoms with Crippen LogP contribution in [0.4, 0.5) is 0 Å². The molecule has 1 aliphatic rings. The molecule has 0 saturated carbocycles. The van der Waals surface area contributed by atoms with E-state index in [4.69, 9.17) is 14.6 Å². The Kier molecular flexibility index (Phi) is 4.17. The zero-order valence-electron chi connectivity index (χ0n) is 10.3. The van der Waals surface area contributed by atoms with Crippen LogP contribution in [0, 0.1) is 0 Å². The van der Waals surface area contributed by atoms with Gasteiger partial charge in [0.15, 0.2) is 0 Å². The molecule has 0 spiro atoms. The van der Waals surface area contributed by atoms with Crippen LogP contribution in [-0.4, -0.2) is 48.9 Å². The average Bonchev–Trinajstić information content (AvgIpc) is 2.39. The molecule has 1 aliphatic heterocycles. The minimum absolute atomic E-state index is 0.249. The highest BCUT2D eigenvalue weighted by molar-refractivity contribution is 5.73. The highest BCUT2D eigenvalue weighted by Gasteiger charge is 2.28. The summed E-state index contributed by atoms with van der Waals surface area (Å²) in [5, 5.41) is 9.14. The zero-order valence-corrected chi connectivity index (χ0v) is 10.3. The maximum absolute atomic E-state index is 11.1. The molecule has 1 fully saturated rings. The van der Waals surface area contributed by atoms with Gasteiger partial charge in [-0.05, 0) is 17.7 Å². The number of hydrogen-bond donors (Lipinski definition) is 1. The third-order valence-corrected chi connectivity index (χ3v) is 3.04. The fraction of sp³-hybridized carbons (Fsp3) is 0.462. The highest BCUT2D eigenvalue weighted by Crippen LogP contribution is 2.17. The lowest BCUT2D eigenvalue weighted by atomic mass is 10.1.